The Morgan fingerprint density at radius 2 is 2.00 bits per heavy atom. The van der Waals surface area contributed by atoms with E-state index in [0.717, 1.165) is 23.6 Å². The van der Waals surface area contributed by atoms with Gasteiger partial charge < -0.3 is 9.73 Å². The lowest BCUT2D eigenvalue weighted by Crippen LogP contribution is -2.44. The molecule has 1 aromatic carbocycles. The molecule has 6 nitrogen and oxygen atoms in total. The van der Waals surface area contributed by atoms with E-state index in [1.54, 1.807) is 6.26 Å². The van der Waals surface area contributed by atoms with Crippen molar-refractivity contribution in [2.24, 2.45) is 11.8 Å². The summed E-state index contributed by atoms with van der Waals surface area (Å²) in [5, 5.41) is 12.7. The lowest BCUT2D eigenvalue weighted by atomic mass is 9.78. The highest BCUT2D eigenvalue weighted by Gasteiger charge is 2.28. The lowest BCUT2D eigenvalue weighted by Gasteiger charge is -2.34. The molecule has 0 saturated heterocycles. The summed E-state index contributed by atoms with van der Waals surface area (Å²) in [5.74, 6) is 3.14. The molecule has 4 rings (SSSR count). The normalized spacial score (nSPS) is 21.5. The van der Waals surface area contributed by atoms with E-state index in [9.17, 15) is 4.79 Å². The zero-order valence-electron chi connectivity index (χ0n) is 17.5. The summed E-state index contributed by atoms with van der Waals surface area (Å²) in [4.78, 5) is 12.6. The number of rotatable bonds is 7. The highest BCUT2D eigenvalue weighted by atomic mass is 32.2. The van der Waals surface area contributed by atoms with Crippen LogP contribution in [0.15, 0.2) is 58.3 Å². The molecule has 0 unspecified atom stereocenters. The third-order valence-corrected chi connectivity index (χ3v) is 7.00. The van der Waals surface area contributed by atoms with Crippen LogP contribution in [-0.2, 0) is 11.3 Å². The quantitative estimate of drug-likeness (QED) is 0.560. The van der Waals surface area contributed by atoms with Crippen LogP contribution in [0.5, 0.6) is 0 Å². The average molecular weight is 425 g/mol. The minimum Gasteiger partial charge on any atom is -0.467 e. The summed E-state index contributed by atoms with van der Waals surface area (Å²) in [5.41, 5.74) is 0.984. The molecule has 1 N–H and O–H groups in total. The molecule has 1 amide bonds. The molecule has 0 bridgehead atoms. The molecule has 30 heavy (non-hydrogen) atoms. The van der Waals surface area contributed by atoms with Gasteiger partial charge in [0.2, 0.25) is 5.91 Å². The summed E-state index contributed by atoms with van der Waals surface area (Å²) in [6.07, 6.45) is 5.16. The van der Waals surface area contributed by atoms with Gasteiger partial charge in [-0.3, -0.25) is 9.36 Å². The highest BCUT2D eigenvalue weighted by Crippen LogP contribution is 2.30. The maximum atomic E-state index is 12.6. The van der Waals surface area contributed by atoms with Gasteiger partial charge >= 0.3 is 0 Å². The number of aromatic nitrogens is 3. The minimum atomic E-state index is 0.0553. The van der Waals surface area contributed by atoms with Gasteiger partial charge in [0.15, 0.2) is 11.0 Å². The standard InChI is InChI=1S/C23H28N4O2S/c1-16-8-6-12-20(17(16)2)24-21(28)15-30-23-26-25-22(18-9-4-3-5-10-18)27(23)14-19-11-7-13-29-19/h3-5,7,9-11,13,16-17,20H,6,8,12,14-15H2,1-2H3,(H,24,28)/t16-,17+,20-/m0/s1. The fourth-order valence-corrected chi connectivity index (χ4v) is 4.81. The number of hydrogen-bond acceptors (Lipinski definition) is 5. The van der Waals surface area contributed by atoms with Crippen molar-refractivity contribution < 1.29 is 9.21 Å². The van der Waals surface area contributed by atoms with Crippen LogP contribution < -0.4 is 5.32 Å². The van der Waals surface area contributed by atoms with Gasteiger partial charge in [-0.2, -0.15) is 0 Å². The third kappa shape index (κ3) is 4.78. The number of carbonyl (C=O) groups excluding carboxylic acids is 1. The van der Waals surface area contributed by atoms with Crippen molar-refractivity contribution in [1.29, 1.82) is 0 Å². The predicted molar refractivity (Wildman–Crippen MR) is 118 cm³/mol. The van der Waals surface area contributed by atoms with E-state index in [-0.39, 0.29) is 11.9 Å². The largest absolute Gasteiger partial charge is 0.467 e. The van der Waals surface area contributed by atoms with Gasteiger partial charge in [0.05, 0.1) is 18.6 Å². The van der Waals surface area contributed by atoms with E-state index in [4.69, 9.17) is 4.42 Å². The molecule has 1 saturated carbocycles. The van der Waals surface area contributed by atoms with Crippen molar-refractivity contribution in [3.05, 3.63) is 54.5 Å². The van der Waals surface area contributed by atoms with E-state index >= 15 is 0 Å². The van der Waals surface area contributed by atoms with Crippen LogP contribution in [0.4, 0.5) is 0 Å². The number of amides is 1. The molecule has 1 fully saturated rings. The molecule has 1 aliphatic carbocycles. The molecule has 0 radical (unpaired) electrons. The molecule has 3 aromatic rings. The molecule has 0 spiro atoms. The Labute approximate surface area is 181 Å². The first-order chi connectivity index (χ1) is 14.6. The molecular weight excluding hydrogens is 396 g/mol. The van der Waals surface area contributed by atoms with Crippen LogP contribution in [0, 0.1) is 11.8 Å². The topological polar surface area (TPSA) is 73.0 Å². The number of furan rings is 1. The second-order valence-corrected chi connectivity index (χ2v) is 9.01. The van der Waals surface area contributed by atoms with Crippen LogP contribution >= 0.6 is 11.8 Å². The molecule has 1 aliphatic rings. The molecule has 2 heterocycles. The van der Waals surface area contributed by atoms with Gasteiger partial charge in [-0.05, 0) is 30.4 Å². The summed E-state index contributed by atoms with van der Waals surface area (Å²) in [6, 6.07) is 14.0. The Kier molecular flexibility index (Phi) is 6.57. The Bertz CT molecular complexity index is 955. The first-order valence-electron chi connectivity index (χ1n) is 10.5. The van der Waals surface area contributed by atoms with Gasteiger partial charge in [0.25, 0.3) is 0 Å². The maximum absolute atomic E-state index is 12.6. The minimum absolute atomic E-state index is 0.0553. The van der Waals surface area contributed by atoms with Crippen LogP contribution in [0.3, 0.4) is 0 Å². The average Bonchev–Trinajstić information content (AvgIpc) is 3.41. The zero-order chi connectivity index (χ0) is 20.9. The number of benzene rings is 1. The second kappa shape index (κ2) is 9.51. The molecular formula is C23H28N4O2S. The summed E-state index contributed by atoms with van der Waals surface area (Å²) in [7, 11) is 0. The monoisotopic (exact) mass is 424 g/mol. The first kappa shape index (κ1) is 20.7. The third-order valence-electron chi connectivity index (χ3n) is 6.03. The SMILES string of the molecule is C[C@H]1[C@@H](NC(=O)CSc2nnc(-c3ccccc3)n2Cc2ccco2)CCC[C@@H]1C. The van der Waals surface area contributed by atoms with E-state index in [1.807, 2.05) is 47.0 Å². The zero-order valence-corrected chi connectivity index (χ0v) is 18.3. The smallest absolute Gasteiger partial charge is 0.230 e. The number of carbonyl (C=O) groups is 1. The lowest BCUT2D eigenvalue weighted by molar-refractivity contribution is -0.120. The van der Waals surface area contributed by atoms with Crippen molar-refractivity contribution in [3.8, 4) is 11.4 Å². The number of thioether (sulfide) groups is 1. The van der Waals surface area contributed by atoms with Crippen molar-refractivity contribution in [1.82, 2.24) is 20.1 Å². The summed E-state index contributed by atoms with van der Waals surface area (Å²) < 4.78 is 7.55. The van der Waals surface area contributed by atoms with Crippen LogP contribution in [-0.4, -0.2) is 32.5 Å². The summed E-state index contributed by atoms with van der Waals surface area (Å²) in [6.45, 7) is 5.04. The van der Waals surface area contributed by atoms with Gasteiger partial charge in [-0.25, -0.2) is 0 Å². The van der Waals surface area contributed by atoms with E-state index in [2.05, 4.69) is 29.4 Å². The van der Waals surface area contributed by atoms with Crippen molar-refractivity contribution >= 4 is 17.7 Å². The van der Waals surface area contributed by atoms with E-state index in [1.165, 1.54) is 24.6 Å². The molecule has 7 heteroatoms. The van der Waals surface area contributed by atoms with Crippen molar-refractivity contribution in [2.45, 2.75) is 50.9 Å². The summed E-state index contributed by atoms with van der Waals surface area (Å²) >= 11 is 1.42. The van der Waals surface area contributed by atoms with E-state index in [0.29, 0.717) is 29.3 Å². The number of hydrogen-bond donors (Lipinski definition) is 1. The molecule has 2 aromatic heterocycles. The fourth-order valence-electron chi connectivity index (χ4n) is 4.06. The van der Waals surface area contributed by atoms with Crippen LogP contribution in [0.1, 0.15) is 38.9 Å². The Hall–Kier alpha value is -2.54. The van der Waals surface area contributed by atoms with Crippen LogP contribution in [0.25, 0.3) is 11.4 Å². The molecule has 0 aliphatic heterocycles. The second-order valence-electron chi connectivity index (χ2n) is 8.07. The maximum Gasteiger partial charge on any atom is 0.230 e. The Morgan fingerprint density at radius 1 is 1.17 bits per heavy atom. The fraction of sp³-hybridized carbons (Fsp3) is 0.435. The van der Waals surface area contributed by atoms with Gasteiger partial charge in [0.1, 0.15) is 5.76 Å². The Balaban J connectivity index is 1.47. The highest BCUT2D eigenvalue weighted by molar-refractivity contribution is 7.99. The van der Waals surface area contributed by atoms with Gasteiger partial charge in [-0.15, -0.1) is 10.2 Å². The van der Waals surface area contributed by atoms with Gasteiger partial charge in [-0.1, -0.05) is 68.8 Å². The Morgan fingerprint density at radius 3 is 2.77 bits per heavy atom. The van der Waals surface area contributed by atoms with Crippen molar-refractivity contribution in [3.63, 3.8) is 0 Å². The van der Waals surface area contributed by atoms with Crippen LogP contribution in [0.2, 0.25) is 0 Å². The number of nitrogens with one attached hydrogen (secondary N) is 1. The van der Waals surface area contributed by atoms with Crippen molar-refractivity contribution in [2.75, 3.05) is 5.75 Å². The molecule has 3 atom stereocenters. The number of nitrogens with zero attached hydrogens (tertiary/aromatic N) is 3. The van der Waals surface area contributed by atoms with Gasteiger partial charge in [0, 0.05) is 11.6 Å². The molecule has 158 valence electrons. The predicted octanol–water partition coefficient (Wildman–Crippen LogP) is 4.62. The first-order valence-corrected chi connectivity index (χ1v) is 11.5. The van der Waals surface area contributed by atoms with E-state index < -0.39 is 0 Å².